The van der Waals surface area contributed by atoms with Gasteiger partial charge in [0, 0.05) is 24.5 Å². The third kappa shape index (κ3) is 4.92. The van der Waals surface area contributed by atoms with Crippen LogP contribution < -0.4 is 4.74 Å². The first-order valence-corrected chi connectivity index (χ1v) is 8.11. The molecule has 1 saturated heterocycles. The lowest BCUT2D eigenvalue weighted by Gasteiger charge is -2.30. The van der Waals surface area contributed by atoms with E-state index in [2.05, 4.69) is 6.92 Å². The van der Waals surface area contributed by atoms with Gasteiger partial charge in [0.25, 0.3) is 0 Å². The smallest absolute Gasteiger partial charge is 0.222 e. The van der Waals surface area contributed by atoms with Crippen LogP contribution in [0.1, 0.15) is 38.2 Å². The Kier molecular flexibility index (Phi) is 5.92. The van der Waals surface area contributed by atoms with Crippen molar-refractivity contribution in [1.82, 2.24) is 4.90 Å². The van der Waals surface area contributed by atoms with Crippen LogP contribution in [0.5, 0.6) is 5.75 Å². The second-order valence-corrected chi connectivity index (χ2v) is 6.33. The van der Waals surface area contributed by atoms with Crippen LogP contribution in [0.4, 0.5) is 0 Å². The number of hydrogen-bond donors (Lipinski definition) is 0. The molecule has 0 spiro atoms. The van der Waals surface area contributed by atoms with Crippen LogP contribution in [0.25, 0.3) is 0 Å². The van der Waals surface area contributed by atoms with Crippen molar-refractivity contribution < 1.29 is 9.53 Å². The van der Waals surface area contributed by atoms with Crippen molar-refractivity contribution in [3.05, 3.63) is 28.8 Å². The molecule has 0 bridgehead atoms. The Labute approximate surface area is 132 Å². The van der Waals surface area contributed by atoms with Gasteiger partial charge in [-0.1, -0.05) is 18.5 Å². The van der Waals surface area contributed by atoms with Gasteiger partial charge in [-0.25, -0.2) is 0 Å². The lowest BCUT2D eigenvalue weighted by atomic mass is 9.99. The first kappa shape index (κ1) is 16.2. The maximum absolute atomic E-state index is 12.1. The van der Waals surface area contributed by atoms with Crippen LogP contribution >= 0.6 is 11.6 Å². The Hall–Kier alpha value is -1.22. The summed E-state index contributed by atoms with van der Waals surface area (Å²) >= 11 is 5.97. The summed E-state index contributed by atoms with van der Waals surface area (Å²) in [6.45, 7) is 6.60. The lowest BCUT2D eigenvalue weighted by Crippen LogP contribution is -2.37. The normalized spacial score (nSPS) is 16.0. The quantitative estimate of drug-likeness (QED) is 0.767. The second-order valence-electron chi connectivity index (χ2n) is 5.93. The van der Waals surface area contributed by atoms with Crippen molar-refractivity contribution in [2.24, 2.45) is 5.92 Å². The molecule has 1 aromatic rings. The summed E-state index contributed by atoms with van der Waals surface area (Å²) in [4.78, 5) is 14.1. The minimum atomic E-state index is 0.262. The third-order valence-electron chi connectivity index (χ3n) is 4.07. The molecule has 21 heavy (non-hydrogen) atoms. The molecule has 1 heterocycles. The molecular formula is C17H24ClNO2. The topological polar surface area (TPSA) is 29.5 Å². The van der Waals surface area contributed by atoms with Crippen LogP contribution in [-0.2, 0) is 4.79 Å². The van der Waals surface area contributed by atoms with E-state index in [9.17, 15) is 4.79 Å². The van der Waals surface area contributed by atoms with Crippen LogP contribution in [0.15, 0.2) is 18.2 Å². The van der Waals surface area contributed by atoms with E-state index in [4.69, 9.17) is 16.3 Å². The Bertz CT molecular complexity index is 482. The van der Waals surface area contributed by atoms with Crippen LogP contribution in [0.3, 0.4) is 0 Å². The number of aryl methyl sites for hydroxylation is 1. The maximum Gasteiger partial charge on any atom is 0.222 e. The highest BCUT2D eigenvalue weighted by molar-refractivity contribution is 6.31. The Balaban J connectivity index is 1.67. The fraction of sp³-hybridized carbons (Fsp3) is 0.588. The van der Waals surface area contributed by atoms with E-state index in [1.54, 1.807) is 0 Å². The zero-order valence-electron chi connectivity index (χ0n) is 12.9. The highest BCUT2D eigenvalue weighted by Gasteiger charge is 2.19. The molecule has 0 aliphatic carbocycles. The number of piperidine rings is 1. The summed E-state index contributed by atoms with van der Waals surface area (Å²) in [6, 6.07) is 5.63. The van der Waals surface area contributed by atoms with Gasteiger partial charge in [-0.3, -0.25) is 4.79 Å². The number of ether oxygens (including phenoxy) is 1. The van der Waals surface area contributed by atoms with Gasteiger partial charge < -0.3 is 9.64 Å². The second kappa shape index (κ2) is 7.69. The molecule has 1 amide bonds. The predicted molar refractivity (Wildman–Crippen MR) is 85.9 cm³/mol. The molecule has 2 rings (SSSR count). The number of halogens is 1. The summed E-state index contributed by atoms with van der Waals surface area (Å²) < 4.78 is 5.67. The molecule has 1 fully saturated rings. The molecule has 0 N–H and O–H groups in total. The fourth-order valence-corrected chi connectivity index (χ4v) is 2.65. The van der Waals surface area contributed by atoms with E-state index < -0.39 is 0 Å². The largest absolute Gasteiger partial charge is 0.494 e. The number of carbonyl (C=O) groups is 1. The van der Waals surface area contributed by atoms with Crippen molar-refractivity contribution in [2.75, 3.05) is 19.7 Å². The number of benzene rings is 1. The average Bonchev–Trinajstić information content (AvgIpc) is 2.47. The first-order valence-electron chi connectivity index (χ1n) is 7.73. The van der Waals surface area contributed by atoms with Gasteiger partial charge in [0.15, 0.2) is 0 Å². The molecule has 0 radical (unpaired) electrons. The van der Waals surface area contributed by atoms with Gasteiger partial charge in [-0.2, -0.15) is 0 Å². The van der Waals surface area contributed by atoms with E-state index in [1.165, 1.54) is 0 Å². The summed E-state index contributed by atoms with van der Waals surface area (Å²) in [5.74, 6) is 1.83. The maximum atomic E-state index is 12.1. The van der Waals surface area contributed by atoms with Crippen molar-refractivity contribution in [3.8, 4) is 5.75 Å². The number of amides is 1. The molecule has 1 aromatic carbocycles. The predicted octanol–water partition coefficient (Wildman–Crippen LogP) is 4.07. The number of nitrogens with zero attached hydrogens (tertiary/aromatic N) is 1. The Morgan fingerprint density at radius 1 is 1.38 bits per heavy atom. The molecule has 3 nitrogen and oxygen atoms in total. The van der Waals surface area contributed by atoms with E-state index in [-0.39, 0.29) is 5.91 Å². The Morgan fingerprint density at radius 3 is 2.76 bits per heavy atom. The Morgan fingerprint density at radius 2 is 2.10 bits per heavy atom. The van der Waals surface area contributed by atoms with Gasteiger partial charge in [-0.05, 0) is 55.9 Å². The number of carbonyl (C=O) groups excluding carboxylic acids is 1. The molecule has 0 aromatic heterocycles. The molecule has 1 aliphatic heterocycles. The van der Waals surface area contributed by atoms with Crippen LogP contribution in [-0.4, -0.2) is 30.5 Å². The average molecular weight is 310 g/mol. The van der Waals surface area contributed by atoms with Gasteiger partial charge >= 0.3 is 0 Å². The van der Waals surface area contributed by atoms with Crippen molar-refractivity contribution >= 4 is 17.5 Å². The SMILES string of the molecule is Cc1cc(OCCCC(=O)N2CCC(C)CC2)ccc1Cl. The van der Waals surface area contributed by atoms with Gasteiger partial charge in [0.1, 0.15) is 5.75 Å². The van der Waals surface area contributed by atoms with Gasteiger partial charge in [0.05, 0.1) is 6.61 Å². The zero-order chi connectivity index (χ0) is 15.2. The summed E-state index contributed by atoms with van der Waals surface area (Å²) in [6.07, 6.45) is 3.59. The highest BCUT2D eigenvalue weighted by Crippen LogP contribution is 2.21. The summed E-state index contributed by atoms with van der Waals surface area (Å²) in [5.41, 5.74) is 1.01. The minimum Gasteiger partial charge on any atom is -0.494 e. The summed E-state index contributed by atoms with van der Waals surface area (Å²) in [5, 5.41) is 0.747. The van der Waals surface area contributed by atoms with Crippen molar-refractivity contribution in [3.63, 3.8) is 0 Å². The molecule has 4 heteroatoms. The van der Waals surface area contributed by atoms with E-state index in [1.807, 2.05) is 30.0 Å². The number of likely N-dealkylation sites (tertiary alicyclic amines) is 1. The fourth-order valence-electron chi connectivity index (χ4n) is 2.54. The third-order valence-corrected chi connectivity index (χ3v) is 4.49. The lowest BCUT2D eigenvalue weighted by molar-refractivity contribution is -0.132. The van der Waals surface area contributed by atoms with Crippen LogP contribution in [0, 0.1) is 12.8 Å². The molecule has 116 valence electrons. The van der Waals surface area contributed by atoms with E-state index in [0.717, 1.165) is 54.6 Å². The van der Waals surface area contributed by atoms with Gasteiger partial charge in [-0.15, -0.1) is 0 Å². The molecule has 0 saturated carbocycles. The standard InChI is InChI=1S/C17H24ClNO2/c1-13-7-9-19(10-8-13)17(20)4-3-11-21-15-5-6-16(18)14(2)12-15/h5-6,12-13H,3-4,7-11H2,1-2H3. The molecule has 0 atom stereocenters. The minimum absolute atomic E-state index is 0.262. The van der Waals surface area contributed by atoms with Gasteiger partial charge in [0.2, 0.25) is 5.91 Å². The van der Waals surface area contributed by atoms with Crippen LogP contribution in [0.2, 0.25) is 5.02 Å². The first-order chi connectivity index (χ1) is 10.1. The zero-order valence-corrected chi connectivity index (χ0v) is 13.7. The molecule has 0 unspecified atom stereocenters. The molecule has 1 aliphatic rings. The van der Waals surface area contributed by atoms with E-state index >= 15 is 0 Å². The number of rotatable bonds is 5. The molecular weight excluding hydrogens is 286 g/mol. The van der Waals surface area contributed by atoms with E-state index in [0.29, 0.717) is 13.0 Å². The summed E-state index contributed by atoms with van der Waals surface area (Å²) in [7, 11) is 0. The van der Waals surface area contributed by atoms with Crippen molar-refractivity contribution in [2.45, 2.75) is 39.5 Å². The highest BCUT2D eigenvalue weighted by atomic mass is 35.5. The number of hydrogen-bond acceptors (Lipinski definition) is 2. The van der Waals surface area contributed by atoms with Crippen molar-refractivity contribution in [1.29, 1.82) is 0 Å². The monoisotopic (exact) mass is 309 g/mol.